The second kappa shape index (κ2) is 14.7. The molecule has 1 unspecified atom stereocenters. The Balaban J connectivity index is 0.00000139. The van der Waals surface area contributed by atoms with E-state index in [1.165, 1.54) is 50.1 Å². The number of nitrogens with two attached hydrogens (primary N) is 1. The molecule has 4 aromatic carbocycles. The van der Waals surface area contributed by atoms with Crippen molar-refractivity contribution in [2.24, 2.45) is 11.7 Å². The molecule has 0 bridgehead atoms. The molecule has 0 aliphatic heterocycles. The quantitative estimate of drug-likeness (QED) is 0.244. The molecule has 1 nitrogen and oxygen atoms in total. The SMILES string of the molecule is CC.CC.CC1/C=C\C=C(/N)c2cc(-c3cc(-c4ccc(C(C)(C)C)cc4)cc(-c4ccc(C(C)(C)C)cc4)c3)ccc2C1(C)C. The van der Waals surface area contributed by atoms with Crippen LogP contribution in [0.4, 0.5) is 0 Å². The molecule has 1 aliphatic carbocycles. The molecule has 1 atom stereocenters. The summed E-state index contributed by atoms with van der Waals surface area (Å²) in [4.78, 5) is 0. The third-order valence-corrected chi connectivity index (χ3v) is 9.27. The molecule has 4 aromatic rings. The summed E-state index contributed by atoms with van der Waals surface area (Å²) in [7, 11) is 0. The molecule has 244 valence electrons. The van der Waals surface area contributed by atoms with E-state index in [2.05, 4.69) is 159 Å². The van der Waals surface area contributed by atoms with Gasteiger partial charge in [0, 0.05) is 11.3 Å². The van der Waals surface area contributed by atoms with Crippen LogP contribution in [0.5, 0.6) is 0 Å². The van der Waals surface area contributed by atoms with Crippen LogP contribution in [0.2, 0.25) is 0 Å². The molecule has 0 heterocycles. The first-order valence-electron chi connectivity index (χ1n) is 17.3. The van der Waals surface area contributed by atoms with Gasteiger partial charge in [-0.1, -0.05) is 163 Å². The predicted molar refractivity (Wildman–Crippen MR) is 206 cm³/mol. The van der Waals surface area contributed by atoms with Crippen LogP contribution in [0.25, 0.3) is 39.1 Å². The maximum absolute atomic E-state index is 6.68. The lowest BCUT2D eigenvalue weighted by Crippen LogP contribution is -2.27. The molecule has 2 N–H and O–H groups in total. The summed E-state index contributed by atoms with van der Waals surface area (Å²) in [5.74, 6) is 0.397. The van der Waals surface area contributed by atoms with Crippen molar-refractivity contribution in [2.75, 3.05) is 0 Å². The average Bonchev–Trinajstić information content (AvgIpc) is 3.05. The first kappa shape index (κ1) is 36.6. The highest BCUT2D eigenvalue weighted by Crippen LogP contribution is 2.41. The Hall–Kier alpha value is -3.84. The number of allylic oxidation sites excluding steroid dienone is 3. The molecular weight excluding hydrogens is 555 g/mol. The molecule has 46 heavy (non-hydrogen) atoms. The molecule has 0 radical (unpaired) electrons. The zero-order valence-electron chi connectivity index (χ0n) is 31.0. The molecule has 1 aliphatic rings. The number of hydrogen-bond acceptors (Lipinski definition) is 1. The van der Waals surface area contributed by atoms with Crippen molar-refractivity contribution >= 4 is 5.70 Å². The van der Waals surface area contributed by atoms with Crippen molar-refractivity contribution in [3.63, 3.8) is 0 Å². The first-order chi connectivity index (χ1) is 21.6. The standard InChI is InChI=1S/C41H47N.2C2H6/c1-27-11-10-12-38(42)36-26-30(17-22-37(36)41(27,8)9)33-24-31(28-13-18-34(19-14-28)39(2,3)4)23-32(25-33)29-15-20-35(21-16-29)40(5,6)7;2*1-2/h10-27H,42H2,1-9H3;2*1-2H3/b11-10-,38-12-;;. The maximum Gasteiger partial charge on any atom is 0.0390 e. The average molecular weight is 614 g/mol. The van der Waals surface area contributed by atoms with Crippen molar-refractivity contribution in [3.05, 3.63) is 125 Å². The van der Waals surface area contributed by atoms with Gasteiger partial charge in [-0.15, -0.1) is 0 Å². The lowest BCUT2D eigenvalue weighted by Gasteiger charge is -2.34. The maximum atomic E-state index is 6.68. The molecule has 0 amide bonds. The Morgan fingerprint density at radius 3 is 1.35 bits per heavy atom. The number of rotatable bonds is 3. The van der Waals surface area contributed by atoms with Crippen molar-refractivity contribution in [3.8, 4) is 33.4 Å². The summed E-state index contributed by atoms with van der Waals surface area (Å²) in [5, 5.41) is 0. The smallest absolute Gasteiger partial charge is 0.0390 e. The molecule has 0 saturated heterocycles. The largest absolute Gasteiger partial charge is 0.398 e. The van der Waals surface area contributed by atoms with Crippen LogP contribution < -0.4 is 5.73 Å². The van der Waals surface area contributed by atoms with Gasteiger partial charge in [0.05, 0.1) is 0 Å². The third kappa shape index (κ3) is 8.11. The van der Waals surface area contributed by atoms with E-state index in [0.29, 0.717) is 5.92 Å². The van der Waals surface area contributed by atoms with Gasteiger partial charge in [0.1, 0.15) is 0 Å². The number of fused-ring (bicyclic) bond motifs is 1. The summed E-state index contributed by atoms with van der Waals surface area (Å²) in [5.41, 5.74) is 20.1. The zero-order valence-corrected chi connectivity index (χ0v) is 31.0. The van der Waals surface area contributed by atoms with Crippen LogP contribution in [0.3, 0.4) is 0 Å². The summed E-state index contributed by atoms with van der Waals surface area (Å²) in [6.07, 6.45) is 6.41. The molecule has 0 saturated carbocycles. The van der Waals surface area contributed by atoms with Crippen LogP contribution in [-0.2, 0) is 16.2 Å². The van der Waals surface area contributed by atoms with Gasteiger partial charge in [0.15, 0.2) is 0 Å². The van der Waals surface area contributed by atoms with Crippen LogP contribution in [-0.4, -0.2) is 0 Å². The normalized spacial score (nSPS) is 17.4. The number of benzene rings is 4. The highest BCUT2D eigenvalue weighted by Gasteiger charge is 2.30. The molecule has 5 rings (SSSR count). The minimum atomic E-state index is -0.0279. The zero-order chi connectivity index (χ0) is 34.4. The van der Waals surface area contributed by atoms with E-state index in [4.69, 9.17) is 5.73 Å². The fraction of sp³-hybridized carbons (Fsp3) is 0.378. The molecule has 0 fully saturated rings. The van der Waals surface area contributed by atoms with Crippen molar-refractivity contribution in [1.82, 2.24) is 0 Å². The van der Waals surface area contributed by atoms with E-state index in [1.54, 1.807) is 0 Å². The van der Waals surface area contributed by atoms with Gasteiger partial charge in [0.2, 0.25) is 0 Å². The van der Waals surface area contributed by atoms with E-state index in [1.807, 2.05) is 33.8 Å². The third-order valence-electron chi connectivity index (χ3n) is 9.27. The van der Waals surface area contributed by atoms with Gasteiger partial charge in [-0.05, 0) is 103 Å². The van der Waals surface area contributed by atoms with Crippen molar-refractivity contribution in [1.29, 1.82) is 0 Å². The van der Waals surface area contributed by atoms with Gasteiger partial charge >= 0.3 is 0 Å². The van der Waals surface area contributed by atoms with E-state index in [-0.39, 0.29) is 16.2 Å². The van der Waals surface area contributed by atoms with Gasteiger partial charge < -0.3 is 5.73 Å². The van der Waals surface area contributed by atoms with Crippen molar-refractivity contribution < 1.29 is 0 Å². The van der Waals surface area contributed by atoms with Gasteiger partial charge in [-0.3, -0.25) is 0 Å². The van der Waals surface area contributed by atoms with E-state index < -0.39 is 0 Å². The second-order valence-electron chi connectivity index (χ2n) is 14.7. The van der Waals surface area contributed by atoms with Crippen LogP contribution in [0, 0.1) is 5.92 Å². The second-order valence-corrected chi connectivity index (χ2v) is 14.7. The van der Waals surface area contributed by atoms with E-state index >= 15 is 0 Å². The summed E-state index contributed by atoms with van der Waals surface area (Å²) < 4.78 is 0. The number of hydrogen-bond donors (Lipinski definition) is 1. The topological polar surface area (TPSA) is 26.0 Å². The Labute approximate surface area is 281 Å². The van der Waals surface area contributed by atoms with Gasteiger partial charge in [0.25, 0.3) is 0 Å². The predicted octanol–water partition coefficient (Wildman–Crippen LogP) is 13.1. The van der Waals surface area contributed by atoms with Crippen LogP contribution in [0.1, 0.15) is 112 Å². The summed E-state index contributed by atoms with van der Waals surface area (Å²) in [6.45, 7) is 28.5. The molecule has 0 spiro atoms. The highest BCUT2D eigenvalue weighted by molar-refractivity contribution is 5.83. The summed E-state index contributed by atoms with van der Waals surface area (Å²) in [6, 6.07) is 32.0. The molecule has 1 heteroatoms. The first-order valence-corrected chi connectivity index (χ1v) is 17.3. The van der Waals surface area contributed by atoms with Crippen LogP contribution in [0.15, 0.2) is 103 Å². The molecular formula is C45H59N. The lowest BCUT2D eigenvalue weighted by molar-refractivity contribution is 0.408. The minimum absolute atomic E-state index is 0.0279. The Morgan fingerprint density at radius 2 is 0.935 bits per heavy atom. The molecule has 0 aromatic heterocycles. The fourth-order valence-electron chi connectivity index (χ4n) is 5.88. The van der Waals surface area contributed by atoms with E-state index in [9.17, 15) is 0 Å². The highest BCUT2D eigenvalue weighted by atomic mass is 14.6. The van der Waals surface area contributed by atoms with E-state index in [0.717, 1.165) is 11.3 Å². The Morgan fingerprint density at radius 1 is 0.543 bits per heavy atom. The Bertz CT molecular complexity index is 1570. The van der Waals surface area contributed by atoms with Gasteiger partial charge in [-0.25, -0.2) is 0 Å². The Kier molecular flexibility index (Phi) is 11.7. The minimum Gasteiger partial charge on any atom is -0.398 e. The fourth-order valence-corrected chi connectivity index (χ4v) is 5.88. The summed E-state index contributed by atoms with van der Waals surface area (Å²) >= 11 is 0. The van der Waals surface area contributed by atoms with Crippen molar-refractivity contribution in [2.45, 2.75) is 106 Å². The monoisotopic (exact) mass is 613 g/mol. The van der Waals surface area contributed by atoms with Gasteiger partial charge in [-0.2, -0.15) is 0 Å². The lowest BCUT2D eigenvalue weighted by atomic mass is 9.71. The van der Waals surface area contributed by atoms with Crippen LogP contribution >= 0.6 is 0 Å².